The summed E-state index contributed by atoms with van der Waals surface area (Å²) in [5.41, 5.74) is 17.0. The van der Waals surface area contributed by atoms with E-state index in [2.05, 4.69) is 169 Å². The highest BCUT2D eigenvalue weighted by Gasteiger charge is 2.51. The van der Waals surface area contributed by atoms with E-state index >= 15 is 0 Å². The summed E-state index contributed by atoms with van der Waals surface area (Å²) in [6.45, 7) is 29.6. The molecule has 99 heavy (non-hydrogen) atoms. The van der Waals surface area contributed by atoms with Crippen molar-refractivity contribution >= 4 is 12.2 Å². The molecule has 0 radical (unpaired) electrons. The Bertz CT molecular complexity index is 3450. The van der Waals surface area contributed by atoms with Crippen molar-refractivity contribution in [2.24, 2.45) is 17.3 Å². The zero-order valence-electron chi connectivity index (χ0n) is 63.9. The van der Waals surface area contributed by atoms with Crippen molar-refractivity contribution in [1.29, 1.82) is 0 Å². The first kappa shape index (κ1) is 83.3. The van der Waals surface area contributed by atoms with Gasteiger partial charge in [-0.05, 0) is 245 Å². The first-order valence-corrected chi connectivity index (χ1v) is 34.7. The van der Waals surface area contributed by atoms with Crippen LogP contribution in [0.2, 0.25) is 0 Å². The van der Waals surface area contributed by atoms with Crippen LogP contribution in [-0.2, 0) is 45.3 Å². The van der Waals surface area contributed by atoms with Gasteiger partial charge in [0.05, 0.1) is 83.3 Å². The van der Waals surface area contributed by atoms with Gasteiger partial charge in [0.1, 0.15) is 52.1 Å². The first-order chi connectivity index (χ1) is 47.3. The molecule has 1 unspecified atom stereocenters. The minimum Gasteiger partial charge on any atom is -0.497 e. The van der Waals surface area contributed by atoms with Gasteiger partial charge in [-0.1, -0.05) is 109 Å². The Morgan fingerprint density at radius 3 is 1.17 bits per heavy atom. The average molecular weight is 1360 g/mol. The molecule has 0 spiro atoms. The van der Waals surface area contributed by atoms with E-state index in [4.69, 9.17) is 52.5 Å². The number of benzene rings is 5. The topological polar surface area (TPSA) is 153 Å². The van der Waals surface area contributed by atoms with Crippen LogP contribution in [0.15, 0.2) is 149 Å². The maximum atomic E-state index is 10.9. The lowest BCUT2D eigenvalue weighted by Gasteiger charge is -2.52. The number of aliphatic hydroxyl groups excluding tert-OH is 3. The van der Waals surface area contributed by atoms with Crippen LogP contribution in [0, 0.1) is 17.3 Å². The van der Waals surface area contributed by atoms with E-state index in [1.807, 2.05) is 24.3 Å². The number of hydrogen-bond acceptors (Lipinski definition) is 13. The number of hydrogen-bond donors (Lipinski definition) is 3. The minimum atomic E-state index is -0.335. The minimum absolute atomic E-state index is 0.00639. The van der Waals surface area contributed by atoms with Gasteiger partial charge in [-0.3, -0.25) is 0 Å². The molecule has 1 fully saturated rings. The van der Waals surface area contributed by atoms with E-state index in [1.165, 1.54) is 33.4 Å². The Kier molecular flexibility index (Phi) is 36.0. The molecule has 5 aromatic rings. The second-order valence-electron chi connectivity index (χ2n) is 27.1. The molecule has 0 aromatic heterocycles. The average Bonchev–Trinajstić information content (AvgIpc) is 0.743. The van der Waals surface area contributed by atoms with Gasteiger partial charge in [-0.15, -0.1) is 6.58 Å². The molecular formula is C86H120O13. The quantitative estimate of drug-likeness (QED) is 0.0296. The van der Waals surface area contributed by atoms with Gasteiger partial charge in [-0.25, -0.2) is 0 Å². The number of methoxy groups -OCH3 is 9. The predicted molar refractivity (Wildman–Crippen MR) is 409 cm³/mol. The molecule has 1 heterocycles. The van der Waals surface area contributed by atoms with Crippen LogP contribution in [-0.4, -0.2) is 91.5 Å². The highest BCUT2D eigenvalue weighted by Crippen LogP contribution is 2.52. The van der Waals surface area contributed by atoms with Crippen molar-refractivity contribution in [1.82, 2.24) is 0 Å². The number of allylic oxidation sites excluding steroid dienone is 13. The number of ether oxygens (including phenoxy) is 10. The Balaban J connectivity index is 0.000000309. The zero-order valence-corrected chi connectivity index (χ0v) is 63.9. The van der Waals surface area contributed by atoms with Crippen molar-refractivity contribution in [3.05, 3.63) is 199 Å². The normalized spacial score (nSPS) is 16.0. The smallest absolute Gasteiger partial charge is 0.164 e. The maximum Gasteiger partial charge on any atom is 0.164 e. The molecule has 3 N–H and O–H groups in total. The molecule has 13 nitrogen and oxygen atoms in total. The highest BCUT2D eigenvalue weighted by molar-refractivity contribution is 5.74. The molecular weight excluding hydrogens is 1240 g/mol. The summed E-state index contributed by atoms with van der Waals surface area (Å²) in [6, 6.07) is 21.5. The predicted octanol–water partition coefficient (Wildman–Crippen LogP) is 19.8. The lowest BCUT2D eigenvalue weighted by Crippen LogP contribution is -2.55. The third kappa shape index (κ3) is 26.2. The van der Waals surface area contributed by atoms with E-state index < -0.39 is 0 Å². The number of rotatable bonds is 30. The molecule has 0 bridgehead atoms. The van der Waals surface area contributed by atoms with E-state index in [9.17, 15) is 10.2 Å². The van der Waals surface area contributed by atoms with Gasteiger partial charge in [0, 0.05) is 28.7 Å². The molecule has 1 aliphatic heterocycles. The van der Waals surface area contributed by atoms with Crippen LogP contribution >= 0.6 is 0 Å². The molecule has 1 saturated carbocycles. The van der Waals surface area contributed by atoms with Crippen molar-refractivity contribution in [3.63, 3.8) is 0 Å². The third-order valence-electron chi connectivity index (χ3n) is 18.3. The zero-order chi connectivity index (χ0) is 73.4. The van der Waals surface area contributed by atoms with Gasteiger partial charge in [-0.2, -0.15) is 0 Å². The van der Waals surface area contributed by atoms with Crippen molar-refractivity contribution in [2.75, 3.05) is 64.0 Å². The van der Waals surface area contributed by atoms with Crippen molar-refractivity contribution in [2.45, 2.75) is 186 Å². The summed E-state index contributed by atoms with van der Waals surface area (Å²) >= 11 is 0. The largest absolute Gasteiger partial charge is 0.497 e. The second-order valence-corrected chi connectivity index (χ2v) is 27.1. The molecule has 1 aliphatic carbocycles. The lowest BCUT2D eigenvalue weighted by atomic mass is 9.60. The third-order valence-corrected chi connectivity index (χ3v) is 18.3. The first-order valence-electron chi connectivity index (χ1n) is 34.7. The van der Waals surface area contributed by atoms with Crippen LogP contribution in [0.25, 0.3) is 12.2 Å². The van der Waals surface area contributed by atoms with Crippen LogP contribution in [0.4, 0.5) is 0 Å². The summed E-state index contributed by atoms with van der Waals surface area (Å²) < 4.78 is 56.1. The second kappa shape index (κ2) is 42.8. The summed E-state index contributed by atoms with van der Waals surface area (Å²) in [4.78, 5) is 0. The Morgan fingerprint density at radius 2 is 0.818 bits per heavy atom. The van der Waals surface area contributed by atoms with Crippen LogP contribution in [0.1, 0.15) is 178 Å². The summed E-state index contributed by atoms with van der Waals surface area (Å²) in [5.74, 6) is 8.41. The van der Waals surface area contributed by atoms with Gasteiger partial charge in [0.25, 0.3) is 0 Å². The summed E-state index contributed by atoms with van der Waals surface area (Å²) in [7, 11) is 15.0. The molecule has 7 rings (SSSR count). The van der Waals surface area contributed by atoms with Crippen LogP contribution in [0.3, 0.4) is 0 Å². The number of aliphatic hydroxyl groups is 3. The van der Waals surface area contributed by atoms with Crippen molar-refractivity contribution < 1.29 is 62.7 Å². The van der Waals surface area contributed by atoms with E-state index in [1.54, 1.807) is 82.2 Å². The van der Waals surface area contributed by atoms with Crippen LogP contribution in [0.5, 0.6) is 57.5 Å². The monoisotopic (exact) mass is 1360 g/mol. The molecule has 542 valence electrons. The van der Waals surface area contributed by atoms with Crippen LogP contribution < -0.4 is 47.4 Å². The van der Waals surface area contributed by atoms with Gasteiger partial charge in [0.2, 0.25) is 0 Å². The molecule has 0 saturated heterocycles. The van der Waals surface area contributed by atoms with Crippen molar-refractivity contribution in [3.8, 4) is 57.5 Å². The number of fused-ring (bicyclic) bond motifs is 2. The molecule has 5 aromatic carbocycles. The Labute approximate surface area is 595 Å². The standard InChI is InChI=1S/C37H50O5.C21H30O2.C19H28O3.C9H12O3/c1-23(2)11-10-12-24(3)13-16-29-31(39-7)19-27(20-32(29)40-8)15-14-26-18-28-22-30-35(42-36(28)33(21-26)41-9)25(4)17-34(38)37(30,5)6;1-7-9-18-14-20(22-5)19(21(15-18)23-6)13-12-17(4)11-8-10-16(2)3;1-14(2)7-6-8-15(3)9-10-17-18(21-4)11-16(13-20)12-19(17)22-5;1-11-8-3-7(6-10)4-9(5-8)12-2/h11,13-15,18-21,25,30,34-35,38H,10,12,16-17,22H2,1-9H3;7,10,12,14-15H,1,8-9,11,13H2,2-6H3;7,9,11-12,20H,6,8,10,13H2,1-5H3;3-5,10H,6H2,1-2H3/b15-14+,24-13+;17-12+;15-9+;/t25-,30-,34+,35?;;;/m0.../s1. The van der Waals surface area contributed by atoms with Gasteiger partial charge < -0.3 is 62.7 Å². The molecule has 0 amide bonds. The van der Waals surface area contributed by atoms with E-state index in [0.717, 1.165) is 173 Å². The molecule has 13 heteroatoms. The fourth-order valence-electron chi connectivity index (χ4n) is 12.2. The molecule has 4 atom stereocenters. The fraction of sp³-hybridized carbons (Fsp3) is 0.465. The lowest BCUT2D eigenvalue weighted by molar-refractivity contribution is -0.114. The Hall–Kier alpha value is -8.10. The van der Waals surface area contributed by atoms with E-state index in [0.29, 0.717) is 11.5 Å². The fourth-order valence-corrected chi connectivity index (χ4v) is 12.2. The van der Waals surface area contributed by atoms with Gasteiger partial charge >= 0.3 is 0 Å². The SMILES string of the molecule is C=CCc1cc(OC)c(C/C=C(\C)CCC=C(C)C)c(OC)c1.COc1cc(/C=C/c2cc3c(c(OC)c2)OC2[C@@H](C)C[C@@H](O)C(C)(C)[C@H]2C3)cc(OC)c1C/C=C(\C)CCC=C(C)C.COc1cc(CO)cc(OC)c1.COc1cc(CO)cc(OC)c1C/C=C(\C)CCC=C(C)C. The summed E-state index contributed by atoms with van der Waals surface area (Å²) in [6.07, 6.45) is 30.6. The Morgan fingerprint density at radius 1 is 0.465 bits per heavy atom. The van der Waals surface area contributed by atoms with E-state index in [-0.39, 0.29) is 42.7 Å². The van der Waals surface area contributed by atoms with Gasteiger partial charge in [0.15, 0.2) is 11.5 Å². The highest BCUT2D eigenvalue weighted by atomic mass is 16.5. The summed E-state index contributed by atoms with van der Waals surface area (Å²) in [5, 5.41) is 29.0. The maximum absolute atomic E-state index is 10.9. The molecule has 2 aliphatic rings.